The van der Waals surface area contributed by atoms with Crippen LogP contribution in [0.5, 0.6) is 5.88 Å². The van der Waals surface area contributed by atoms with E-state index in [1.54, 1.807) is 6.20 Å². The van der Waals surface area contributed by atoms with Crippen LogP contribution >= 0.6 is 9.24 Å². The quantitative estimate of drug-likeness (QED) is 0.526. The Kier molecular flexibility index (Phi) is 6.08. The smallest absolute Gasteiger partial charge is 0.260 e. The summed E-state index contributed by atoms with van der Waals surface area (Å²) in [6.45, 7) is 9.53. The molecule has 0 N–H and O–H groups in total. The Hall–Kier alpha value is -2.45. The van der Waals surface area contributed by atoms with E-state index in [1.807, 2.05) is 37.0 Å². The molecular formula is C22H25N2O2P. The Morgan fingerprint density at radius 3 is 2.74 bits per heavy atom. The molecule has 2 heterocycles. The van der Waals surface area contributed by atoms with Gasteiger partial charge in [0.15, 0.2) is 0 Å². The van der Waals surface area contributed by atoms with E-state index in [2.05, 4.69) is 45.1 Å². The standard InChI is InChI=1S/C22H25N2O2P/c1-4-17(5-2)18-8-6-16(7-9-18)12-24-13-19-10-11-23-21(20(19)22(24)25)26-14-15(3)27/h4-11,15H,1,12-14,27H2,2-3H3/b17-5+. The zero-order valence-corrected chi connectivity index (χ0v) is 17.0. The number of ether oxygens (including phenoxy) is 1. The van der Waals surface area contributed by atoms with E-state index < -0.39 is 0 Å². The molecule has 0 bridgehead atoms. The van der Waals surface area contributed by atoms with Crippen LogP contribution in [0.4, 0.5) is 0 Å². The molecule has 1 aliphatic heterocycles. The maximum Gasteiger partial charge on any atom is 0.260 e. The van der Waals surface area contributed by atoms with Crippen molar-refractivity contribution in [2.75, 3.05) is 6.61 Å². The van der Waals surface area contributed by atoms with E-state index in [1.165, 1.54) is 0 Å². The molecule has 0 saturated carbocycles. The van der Waals surface area contributed by atoms with E-state index >= 15 is 0 Å². The van der Waals surface area contributed by atoms with Gasteiger partial charge in [-0.1, -0.05) is 49.9 Å². The summed E-state index contributed by atoms with van der Waals surface area (Å²) in [5.41, 5.74) is 5.18. The molecule has 140 valence electrons. The maximum absolute atomic E-state index is 12.9. The highest BCUT2D eigenvalue weighted by Gasteiger charge is 2.31. The fourth-order valence-corrected chi connectivity index (χ4v) is 3.25. The molecule has 1 amide bonds. The Morgan fingerprint density at radius 1 is 1.37 bits per heavy atom. The van der Waals surface area contributed by atoms with E-state index in [0.717, 1.165) is 22.3 Å². The second-order valence-electron chi connectivity index (χ2n) is 6.74. The fraction of sp³-hybridized carbons (Fsp3) is 0.273. The summed E-state index contributed by atoms with van der Waals surface area (Å²) in [5, 5.41) is 0. The lowest BCUT2D eigenvalue weighted by Crippen LogP contribution is -2.23. The molecule has 5 heteroatoms. The lowest BCUT2D eigenvalue weighted by molar-refractivity contribution is 0.0763. The van der Waals surface area contributed by atoms with Crippen LogP contribution in [-0.2, 0) is 13.1 Å². The number of hydrogen-bond acceptors (Lipinski definition) is 3. The van der Waals surface area contributed by atoms with Crippen LogP contribution in [-0.4, -0.2) is 28.1 Å². The van der Waals surface area contributed by atoms with Gasteiger partial charge in [-0.3, -0.25) is 4.79 Å². The minimum Gasteiger partial charge on any atom is -0.476 e. The number of hydrogen-bond donors (Lipinski definition) is 0. The lowest BCUT2D eigenvalue weighted by Gasteiger charge is -2.16. The summed E-state index contributed by atoms with van der Waals surface area (Å²) in [5.74, 6) is 0.419. The number of carbonyl (C=O) groups is 1. The van der Waals surface area contributed by atoms with E-state index in [-0.39, 0.29) is 5.91 Å². The number of fused-ring (bicyclic) bond motifs is 1. The van der Waals surface area contributed by atoms with Gasteiger partial charge >= 0.3 is 0 Å². The van der Waals surface area contributed by atoms with Gasteiger partial charge in [0.05, 0.1) is 6.61 Å². The van der Waals surface area contributed by atoms with Crippen molar-refractivity contribution in [3.63, 3.8) is 0 Å². The van der Waals surface area contributed by atoms with E-state index in [4.69, 9.17) is 4.74 Å². The third kappa shape index (κ3) is 4.28. The highest BCUT2D eigenvalue weighted by molar-refractivity contribution is 7.17. The first-order chi connectivity index (χ1) is 13.0. The molecule has 1 aromatic heterocycles. The number of carbonyl (C=O) groups excluding carboxylic acids is 1. The van der Waals surface area contributed by atoms with Crippen molar-refractivity contribution in [1.29, 1.82) is 0 Å². The summed E-state index contributed by atoms with van der Waals surface area (Å²) in [6.07, 6.45) is 5.59. The number of aromatic nitrogens is 1. The minimum absolute atomic E-state index is 0.0196. The zero-order chi connectivity index (χ0) is 19.4. The topological polar surface area (TPSA) is 42.4 Å². The Labute approximate surface area is 163 Å². The van der Waals surface area contributed by atoms with Crippen molar-refractivity contribution < 1.29 is 9.53 Å². The molecule has 0 spiro atoms. The van der Waals surface area contributed by atoms with Crippen LogP contribution in [0, 0.1) is 0 Å². The van der Waals surface area contributed by atoms with Crippen LogP contribution in [0.3, 0.4) is 0 Å². The number of benzene rings is 1. The van der Waals surface area contributed by atoms with Gasteiger partial charge in [0.2, 0.25) is 5.88 Å². The highest BCUT2D eigenvalue weighted by Crippen LogP contribution is 2.30. The van der Waals surface area contributed by atoms with Crippen LogP contribution in [0.2, 0.25) is 0 Å². The second kappa shape index (κ2) is 8.49. The first-order valence-corrected chi connectivity index (χ1v) is 9.73. The van der Waals surface area contributed by atoms with Gasteiger partial charge in [0.1, 0.15) is 5.56 Å². The number of rotatable bonds is 7. The van der Waals surface area contributed by atoms with Crippen LogP contribution in [0.1, 0.15) is 40.9 Å². The van der Waals surface area contributed by atoms with Crippen molar-refractivity contribution in [3.8, 4) is 5.88 Å². The van der Waals surface area contributed by atoms with Gasteiger partial charge in [-0.2, -0.15) is 0 Å². The van der Waals surface area contributed by atoms with E-state index in [0.29, 0.717) is 36.8 Å². The second-order valence-corrected chi connectivity index (χ2v) is 7.88. The van der Waals surface area contributed by atoms with Crippen LogP contribution in [0.25, 0.3) is 5.57 Å². The summed E-state index contributed by atoms with van der Waals surface area (Å²) in [6, 6.07) is 10.1. The van der Waals surface area contributed by atoms with E-state index in [9.17, 15) is 4.79 Å². The molecule has 0 saturated heterocycles. The first-order valence-electron chi connectivity index (χ1n) is 9.07. The third-order valence-corrected chi connectivity index (χ3v) is 4.73. The molecular weight excluding hydrogens is 355 g/mol. The van der Waals surface area contributed by atoms with Crippen LogP contribution < -0.4 is 4.74 Å². The molecule has 0 fully saturated rings. The monoisotopic (exact) mass is 380 g/mol. The first kappa shape index (κ1) is 19.3. The molecule has 0 aliphatic carbocycles. The number of nitrogens with zero attached hydrogens (tertiary/aromatic N) is 2. The van der Waals surface area contributed by atoms with Crippen molar-refractivity contribution in [3.05, 3.63) is 77.5 Å². The minimum atomic E-state index is -0.0196. The van der Waals surface area contributed by atoms with Crippen molar-refractivity contribution in [1.82, 2.24) is 9.88 Å². The molecule has 27 heavy (non-hydrogen) atoms. The number of amides is 1. The molecule has 3 rings (SSSR count). The molecule has 2 atom stereocenters. The maximum atomic E-state index is 12.9. The Morgan fingerprint density at radius 2 is 2.11 bits per heavy atom. The predicted molar refractivity (Wildman–Crippen MR) is 113 cm³/mol. The normalized spacial score (nSPS) is 14.9. The third-order valence-electron chi connectivity index (χ3n) is 4.54. The number of allylic oxidation sites excluding steroid dienone is 3. The van der Waals surface area contributed by atoms with Gasteiger partial charge in [0, 0.05) is 24.9 Å². The highest BCUT2D eigenvalue weighted by atomic mass is 31.0. The zero-order valence-electron chi connectivity index (χ0n) is 15.8. The lowest BCUT2D eigenvalue weighted by atomic mass is 10.0. The Balaban J connectivity index is 1.75. The number of pyridine rings is 1. The average molecular weight is 380 g/mol. The fourth-order valence-electron chi connectivity index (χ4n) is 3.15. The van der Waals surface area contributed by atoms with Crippen molar-refractivity contribution in [2.45, 2.75) is 32.6 Å². The average Bonchev–Trinajstić information content (AvgIpc) is 2.98. The summed E-state index contributed by atoms with van der Waals surface area (Å²) >= 11 is 0. The molecule has 4 nitrogen and oxygen atoms in total. The molecule has 2 unspecified atom stereocenters. The van der Waals surface area contributed by atoms with Gasteiger partial charge < -0.3 is 9.64 Å². The summed E-state index contributed by atoms with van der Waals surface area (Å²) in [7, 11) is 2.69. The van der Waals surface area contributed by atoms with Crippen LogP contribution in [0.15, 0.2) is 55.3 Å². The Bertz CT molecular complexity index is 872. The molecule has 1 aliphatic rings. The summed E-state index contributed by atoms with van der Waals surface area (Å²) < 4.78 is 5.75. The van der Waals surface area contributed by atoms with Crippen molar-refractivity contribution in [2.24, 2.45) is 0 Å². The van der Waals surface area contributed by atoms with Gasteiger partial charge in [0.25, 0.3) is 5.91 Å². The predicted octanol–water partition coefficient (Wildman–Crippen LogP) is 4.47. The molecule has 2 aromatic rings. The molecule has 1 aromatic carbocycles. The van der Waals surface area contributed by atoms with Gasteiger partial charge in [-0.15, -0.1) is 9.24 Å². The van der Waals surface area contributed by atoms with Crippen molar-refractivity contribution >= 4 is 20.7 Å². The van der Waals surface area contributed by atoms with Gasteiger partial charge in [-0.05, 0) is 35.3 Å². The largest absolute Gasteiger partial charge is 0.476 e. The van der Waals surface area contributed by atoms with Gasteiger partial charge in [-0.25, -0.2) is 4.98 Å². The summed E-state index contributed by atoms with van der Waals surface area (Å²) in [4.78, 5) is 19.0. The molecule has 0 radical (unpaired) electrons. The SMILES string of the molecule is C=C/C(=C\C)c1ccc(CN2Cc3ccnc(OCC(C)P)c3C2=O)cc1.